The van der Waals surface area contributed by atoms with Crippen LogP contribution < -0.4 is 10.5 Å². The Morgan fingerprint density at radius 2 is 1.96 bits per heavy atom. The van der Waals surface area contributed by atoms with Crippen molar-refractivity contribution in [3.63, 3.8) is 0 Å². The van der Waals surface area contributed by atoms with Crippen LogP contribution in [0, 0.1) is 0 Å². The van der Waals surface area contributed by atoms with Gasteiger partial charge in [0, 0.05) is 18.6 Å². The molecule has 9 heteroatoms. The zero-order chi connectivity index (χ0) is 19.3. The van der Waals surface area contributed by atoms with Crippen LogP contribution in [0.1, 0.15) is 43.1 Å². The minimum absolute atomic E-state index is 0.106. The van der Waals surface area contributed by atoms with Gasteiger partial charge in [0.2, 0.25) is 10.0 Å². The predicted molar refractivity (Wildman–Crippen MR) is 92.5 cm³/mol. The van der Waals surface area contributed by atoms with E-state index in [1.807, 2.05) is 20.8 Å². The van der Waals surface area contributed by atoms with E-state index in [2.05, 4.69) is 5.32 Å². The molecular formula is C16H24N2O6S. The van der Waals surface area contributed by atoms with Gasteiger partial charge in [-0.3, -0.25) is 4.79 Å². The maximum absolute atomic E-state index is 12.2. The quantitative estimate of drug-likeness (QED) is 0.619. The first-order valence-corrected chi connectivity index (χ1v) is 9.36. The molecule has 1 unspecified atom stereocenters. The largest absolute Gasteiger partial charge is 0.480 e. The number of aliphatic carboxylic acids is 1. The van der Waals surface area contributed by atoms with Crippen LogP contribution in [-0.2, 0) is 25.3 Å². The summed E-state index contributed by atoms with van der Waals surface area (Å²) in [6, 6.07) is 4.74. The first kappa shape index (κ1) is 21.1. The third kappa shape index (κ3) is 8.62. The van der Waals surface area contributed by atoms with Crippen molar-refractivity contribution in [3.8, 4) is 0 Å². The molecule has 1 atom stereocenters. The Kier molecular flexibility index (Phi) is 7.09. The summed E-state index contributed by atoms with van der Waals surface area (Å²) in [6.45, 7) is 5.71. The van der Waals surface area contributed by atoms with Crippen molar-refractivity contribution in [1.29, 1.82) is 0 Å². The Morgan fingerprint density at radius 3 is 2.48 bits per heavy atom. The summed E-state index contributed by atoms with van der Waals surface area (Å²) in [7, 11) is -3.72. The lowest BCUT2D eigenvalue weighted by atomic mass is 10.1. The van der Waals surface area contributed by atoms with Gasteiger partial charge in [0.15, 0.2) is 0 Å². The van der Waals surface area contributed by atoms with Crippen molar-refractivity contribution in [2.24, 2.45) is 5.14 Å². The SMILES string of the molecule is CC(C)(C)OCCC(NC(=O)c1cccc(CS(N)(=O)=O)c1)C(=O)O. The van der Waals surface area contributed by atoms with Gasteiger partial charge in [0.05, 0.1) is 11.4 Å². The number of carbonyl (C=O) groups excluding carboxylic acids is 1. The molecule has 1 aromatic rings. The summed E-state index contributed by atoms with van der Waals surface area (Å²) in [5, 5.41) is 16.6. The van der Waals surface area contributed by atoms with Gasteiger partial charge in [-0.25, -0.2) is 18.4 Å². The molecule has 0 aliphatic heterocycles. The number of sulfonamides is 1. The molecular weight excluding hydrogens is 348 g/mol. The van der Waals surface area contributed by atoms with E-state index in [4.69, 9.17) is 9.88 Å². The highest BCUT2D eigenvalue weighted by Gasteiger charge is 2.22. The number of primary sulfonamides is 1. The lowest BCUT2D eigenvalue weighted by molar-refractivity contribution is -0.140. The van der Waals surface area contributed by atoms with E-state index in [1.54, 1.807) is 0 Å². The second-order valence-corrected chi connectivity index (χ2v) is 8.24. The van der Waals surface area contributed by atoms with Crippen LogP contribution in [0.5, 0.6) is 0 Å². The molecule has 0 heterocycles. The van der Waals surface area contributed by atoms with E-state index < -0.39 is 39.3 Å². The van der Waals surface area contributed by atoms with Gasteiger partial charge in [0.25, 0.3) is 5.91 Å². The molecule has 0 saturated heterocycles. The normalized spacial score (nSPS) is 13.3. The van der Waals surface area contributed by atoms with Crippen molar-refractivity contribution >= 4 is 21.9 Å². The van der Waals surface area contributed by atoms with Crippen LogP contribution in [0.3, 0.4) is 0 Å². The van der Waals surface area contributed by atoms with Gasteiger partial charge >= 0.3 is 5.97 Å². The Hall–Kier alpha value is -1.97. The summed E-state index contributed by atoms with van der Waals surface area (Å²) in [5.41, 5.74) is 0.0944. The van der Waals surface area contributed by atoms with E-state index in [0.717, 1.165) is 0 Å². The third-order valence-electron chi connectivity index (χ3n) is 3.10. The van der Waals surface area contributed by atoms with Crippen molar-refractivity contribution in [3.05, 3.63) is 35.4 Å². The first-order valence-electron chi connectivity index (χ1n) is 7.64. The Balaban J connectivity index is 2.77. The number of hydrogen-bond donors (Lipinski definition) is 3. The summed E-state index contributed by atoms with van der Waals surface area (Å²) >= 11 is 0. The summed E-state index contributed by atoms with van der Waals surface area (Å²) < 4.78 is 27.7. The molecule has 1 rings (SSSR count). The van der Waals surface area contributed by atoms with E-state index in [-0.39, 0.29) is 18.6 Å². The van der Waals surface area contributed by atoms with Crippen molar-refractivity contribution in [2.75, 3.05) is 6.61 Å². The zero-order valence-corrected chi connectivity index (χ0v) is 15.3. The van der Waals surface area contributed by atoms with Crippen LogP contribution in [0.4, 0.5) is 0 Å². The molecule has 8 nitrogen and oxygen atoms in total. The molecule has 0 radical (unpaired) electrons. The Morgan fingerprint density at radius 1 is 1.32 bits per heavy atom. The van der Waals surface area contributed by atoms with Gasteiger partial charge in [-0.2, -0.15) is 0 Å². The van der Waals surface area contributed by atoms with E-state index in [9.17, 15) is 23.1 Å². The molecule has 1 aromatic carbocycles. The maximum atomic E-state index is 12.2. The van der Waals surface area contributed by atoms with Crippen molar-refractivity contribution < 1.29 is 27.9 Å². The van der Waals surface area contributed by atoms with Crippen LogP contribution in [0.15, 0.2) is 24.3 Å². The first-order chi connectivity index (χ1) is 11.4. The highest BCUT2D eigenvalue weighted by atomic mass is 32.2. The molecule has 1 amide bonds. The average molecular weight is 372 g/mol. The number of benzene rings is 1. The summed E-state index contributed by atoms with van der Waals surface area (Å²) in [6.07, 6.45) is 0.106. The summed E-state index contributed by atoms with van der Waals surface area (Å²) in [4.78, 5) is 23.6. The van der Waals surface area contributed by atoms with E-state index >= 15 is 0 Å². The number of amides is 1. The average Bonchev–Trinajstić information content (AvgIpc) is 2.43. The fraction of sp³-hybridized carbons (Fsp3) is 0.500. The van der Waals surface area contributed by atoms with Crippen LogP contribution >= 0.6 is 0 Å². The second kappa shape index (κ2) is 8.41. The number of carboxylic acid groups (broad SMARTS) is 1. The number of nitrogens with two attached hydrogens (primary N) is 1. The van der Waals surface area contributed by atoms with Gasteiger partial charge in [0.1, 0.15) is 6.04 Å². The fourth-order valence-corrected chi connectivity index (χ4v) is 2.66. The lowest BCUT2D eigenvalue weighted by Crippen LogP contribution is -2.42. The van der Waals surface area contributed by atoms with E-state index in [0.29, 0.717) is 5.56 Å². The molecule has 4 N–H and O–H groups in total. The molecule has 140 valence electrons. The molecule has 0 spiro atoms. The van der Waals surface area contributed by atoms with Crippen LogP contribution in [-0.4, -0.2) is 43.7 Å². The van der Waals surface area contributed by atoms with Gasteiger partial charge in [-0.1, -0.05) is 12.1 Å². The standard InChI is InChI=1S/C16H24N2O6S/c1-16(2,3)24-8-7-13(15(20)21)18-14(19)12-6-4-5-11(9-12)10-25(17,22)23/h4-6,9,13H,7-8,10H2,1-3H3,(H,18,19)(H,20,21)(H2,17,22,23). The fourth-order valence-electron chi connectivity index (χ4n) is 2.02. The number of rotatable bonds is 8. The molecule has 0 aliphatic rings. The Bertz CT molecular complexity index is 724. The highest BCUT2D eigenvalue weighted by molar-refractivity contribution is 7.88. The Labute approximate surface area is 147 Å². The molecule has 0 aliphatic carbocycles. The third-order valence-corrected chi connectivity index (χ3v) is 3.84. The highest BCUT2D eigenvalue weighted by Crippen LogP contribution is 2.10. The zero-order valence-electron chi connectivity index (χ0n) is 14.5. The van der Waals surface area contributed by atoms with Crippen LogP contribution in [0.2, 0.25) is 0 Å². The second-order valence-electron chi connectivity index (χ2n) is 6.62. The lowest BCUT2D eigenvalue weighted by Gasteiger charge is -2.21. The molecule has 25 heavy (non-hydrogen) atoms. The van der Waals surface area contributed by atoms with Gasteiger partial charge < -0.3 is 15.2 Å². The predicted octanol–water partition coefficient (Wildman–Crippen LogP) is 0.863. The minimum Gasteiger partial charge on any atom is -0.480 e. The minimum atomic E-state index is -3.72. The molecule has 0 fully saturated rings. The molecule has 0 bridgehead atoms. The maximum Gasteiger partial charge on any atom is 0.326 e. The van der Waals surface area contributed by atoms with Crippen molar-refractivity contribution in [1.82, 2.24) is 5.32 Å². The van der Waals surface area contributed by atoms with Gasteiger partial charge in [-0.05, 0) is 38.5 Å². The van der Waals surface area contributed by atoms with Crippen LogP contribution in [0.25, 0.3) is 0 Å². The van der Waals surface area contributed by atoms with E-state index in [1.165, 1.54) is 24.3 Å². The van der Waals surface area contributed by atoms with Crippen molar-refractivity contribution in [2.45, 2.75) is 44.6 Å². The number of nitrogens with one attached hydrogen (secondary N) is 1. The number of carboxylic acids is 1. The molecule has 0 saturated carbocycles. The number of carbonyl (C=O) groups is 2. The monoisotopic (exact) mass is 372 g/mol. The summed E-state index contributed by atoms with van der Waals surface area (Å²) in [5.74, 6) is -2.19. The van der Waals surface area contributed by atoms with Gasteiger partial charge in [-0.15, -0.1) is 0 Å². The topological polar surface area (TPSA) is 136 Å². The molecule has 0 aromatic heterocycles. The number of hydrogen-bond acceptors (Lipinski definition) is 5. The number of ether oxygens (including phenoxy) is 1. The smallest absolute Gasteiger partial charge is 0.326 e.